The second-order valence-corrected chi connectivity index (χ2v) is 17.5. The van der Waals surface area contributed by atoms with Gasteiger partial charge in [0.2, 0.25) is 27.7 Å². The maximum absolute atomic E-state index is 14.5. The third-order valence-electron chi connectivity index (χ3n) is 8.56. The van der Waals surface area contributed by atoms with E-state index >= 15 is 0 Å². The van der Waals surface area contributed by atoms with Crippen molar-refractivity contribution < 1.29 is 41.8 Å². The molecule has 0 radical (unpaired) electrons. The number of ether oxygens (including phenoxy) is 3. The molecular formula is C44H52N6O9S. The van der Waals surface area contributed by atoms with Crippen molar-refractivity contribution in [2.75, 3.05) is 18.2 Å². The fourth-order valence-electron chi connectivity index (χ4n) is 5.66. The number of sulfonamides is 1. The van der Waals surface area contributed by atoms with Gasteiger partial charge in [-0.2, -0.15) is 9.97 Å². The summed E-state index contributed by atoms with van der Waals surface area (Å²) in [6.45, 7) is 17.7. The summed E-state index contributed by atoms with van der Waals surface area (Å²) in [7, 11) is -2.57. The second-order valence-electron chi connectivity index (χ2n) is 15.6. The first-order valence-corrected chi connectivity index (χ1v) is 20.7. The molecule has 60 heavy (non-hydrogen) atoms. The van der Waals surface area contributed by atoms with Crippen LogP contribution in [-0.2, 0) is 24.3 Å². The van der Waals surface area contributed by atoms with Crippen LogP contribution in [-0.4, -0.2) is 66.7 Å². The molecule has 4 N–H and O–H groups in total. The van der Waals surface area contributed by atoms with Crippen molar-refractivity contribution >= 4 is 45.6 Å². The molecule has 1 unspecified atom stereocenters. The van der Waals surface area contributed by atoms with Crippen LogP contribution >= 0.6 is 0 Å². The Morgan fingerprint density at radius 3 is 2.13 bits per heavy atom. The summed E-state index contributed by atoms with van der Waals surface area (Å²) >= 11 is 0. The normalized spacial score (nSPS) is 12.5. The van der Waals surface area contributed by atoms with Crippen molar-refractivity contribution in [1.82, 2.24) is 25.3 Å². The summed E-state index contributed by atoms with van der Waals surface area (Å²) in [5.41, 5.74) is -0.532. The standard InChI is InChI=1S/C44H52N6O9S/c1-10-12-18-25-60(55,56)50-39(51)31-21-16-17-22-32(31)45-40(52)36(48-41(53)37(43(3,4)5)49-42(54)59-44(6,7)8)30-24-23-28(11-2)33(26-30)58-35-27-34(57-9)46-38(47-35)29-19-14-13-15-20-29/h10-11,13-17,19-24,26-27,36-37H,1-2,12,18,25H2,3-9H3,(H,45,52)(H,48,53)(H,49,54)(H,50,51)/t36?,37-/m1/s1. The molecule has 0 aliphatic rings. The van der Waals surface area contributed by atoms with Gasteiger partial charge in [0.05, 0.1) is 30.2 Å². The minimum absolute atomic E-state index is 0.0412. The number of aromatic nitrogens is 2. The van der Waals surface area contributed by atoms with Crippen molar-refractivity contribution in [1.29, 1.82) is 0 Å². The molecule has 0 aliphatic heterocycles. The summed E-state index contributed by atoms with van der Waals surface area (Å²) in [5.74, 6) is -2.03. The van der Waals surface area contributed by atoms with Gasteiger partial charge in [0, 0.05) is 11.1 Å². The van der Waals surface area contributed by atoms with Gasteiger partial charge in [-0.1, -0.05) is 94.1 Å². The fraction of sp³-hybridized carbons (Fsp3) is 0.318. The van der Waals surface area contributed by atoms with Crippen molar-refractivity contribution in [3.05, 3.63) is 115 Å². The van der Waals surface area contributed by atoms with Crippen LogP contribution in [0.2, 0.25) is 0 Å². The maximum atomic E-state index is 14.5. The topological polar surface area (TPSA) is 204 Å². The fourth-order valence-corrected chi connectivity index (χ4v) is 6.71. The number of anilines is 1. The maximum Gasteiger partial charge on any atom is 0.408 e. The molecule has 0 saturated heterocycles. The number of nitrogens with one attached hydrogen (secondary N) is 4. The van der Waals surface area contributed by atoms with E-state index in [0.717, 1.165) is 0 Å². The van der Waals surface area contributed by atoms with Crippen molar-refractivity contribution in [2.45, 2.75) is 72.1 Å². The van der Waals surface area contributed by atoms with Gasteiger partial charge in [-0.25, -0.2) is 17.9 Å². The molecule has 4 amide bonds. The lowest BCUT2D eigenvalue weighted by atomic mass is 9.86. The van der Waals surface area contributed by atoms with Crippen LogP contribution in [0.4, 0.5) is 10.5 Å². The van der Waals surface area contributed by atoms with Gasteiger partial charge >= 0.3 is 6.09 Å². The lowest BCUT2D eigenvalue weighted by Crippen LogP contribution is -2.55. The molecular weight excluding hydrogens is 789 g/mol. The molecule has 4 rings (SSSR count). The highest BCUT2D eigenvalue weighted by Gasteiger charge is 2.37. The van der Waals surface area contributed by atoms with Gasteiger partial charge in [-0.15, -0.1) is 6.58 Å². The zero-order chi connectivity index (χ0) is 44.3. The number of allylic oxidation sites excluding steroid dienone is 1. The summed E-state index contributed by atoms with van der Waals surface area (Å²) in [6, 6.07) is 18.5. The van der Waals surface area contributed by atoms with Gasteiger partial charge in [0.1, 0.15) is 23.4 Å². The zero-order valence-electron chi connectivity index (χ0n) is 34.8. The van der Waals surface area contributed by atoms with E-state index < -0.39 is 56.9 Å². The Hall–Kier alpha value is -6.55. The summed E-state index contributed by atoms with van der Waals surface area (Å²) < 4.78 is 44.6. The molecule has 0 fully saturated rings. The Bertz CT molecular complexity index is 2320. The lowest BCUT2D eigenvalue weighted by molar-refractivity contribution is -0.129. The van der Waals surface area contributed by atoms with E-state index in [1.807, 2.05) is 30.3 Å². The van der Waals surface area contributed by atoms with Crippen LogP contribution in [0.3, 0.4) is 0 Å². The predicted octanol–water partition coefficient (Wildman–Crippen LogP) is 7.35. The summed E-state index contributed by atoms with van der Waals surface area (Å²) in [4.78, 5) is 64.0. The van der Waals surface area contributed by atoms with Gasteiger partial charge in [-0.05, 0) is 62.8 Å². The van der Waals surface area contributed by atoms with E-state index in [4.69, 9.17) is 14.2 Å². The predicted molar refractivity (Wildman–Crippen MR) is 230 cm³/mol. The highest BCUT2D eigenvalue weighted by atomic mass is 32.2. The van der Waals surface area contributed by atoms with Crippen LogP contribution in [0.15, 0.2) is 98.1 Å². The number of amides is 4. The molecule has 3 aromatic carbocycles. The van der Waals surface area contributed by atoms with E-state index in [1.165, 1.54) is 43.5 Å². The van der Waals surface area contributed by atoms with E-state index in [-0.39, 0.29) is 46.5 Å². The highest BCUT2D eigenvalue weighted by Crippen LogP contribution is 2.33. The Kier molecular flexibility index (Phi) is 15.3. The minimum atomic E-state index is -4.03. The van der Waals surface area contributed by atoms with E-state index in [0.29, 0.717) is 23.4 Å². The Balaban J connectivity index is 1.78. The third-order valence-corrected chi connectivity index (χ3v) is 9.89. The number of nitrogens with zero attached hydrogens (tertiary/aromatic N) is 2. The van der Waals surface area contributed by atoms with E-state index in [9.17, 15) is 27.6 Å². The number of methoxy groups -OCH3 is 1. The highest BCUT2D eigenvalue weighted by molar-refractivity contribution is 7.90. The average Bonchev–Trinajstić information content (AvgIpc) is 3.18. The molecule has 0 saturated carbocycles. The first-order valence-electron chi connectivity index (χ1n) is 19.0. The number of alkyl carbamates (subject to hydrolysis) is 1. The molecule has 0 spiro atoms. The second kappa shape index (κ2) is 19.9. The van der Waals surface area contributed by atoms with Crippen LogP contribution in [0, 0.1) is 5.41 Å². The van der Waals surface area contributed by atoms with E-state index in [2.05, 4.69) is 43.8 Å². The van der Waals surface area contributed by atoms with Crippen molar-refractivity contribution in [3.63, 3.8) is 0 Å². The third kappa shape index (κ3) is 13.2. The number of rotatable bonds is 17. The quantitative estimate of drug-likeness (QED) is 0.0611. The Morgan fingerprint density at radius 1 is 0.833 bits per heavy atom. The van der Waals surface area contributed by atoms with Crippen molar-refractivity contribution in [3.8, 4) is 28.9 Å². The number of hydrogen-bond acceptors (Lipinski definition) is 11. The van der Waals surface area contributed by atoms with Crippen LogP contribution < -0.4 is 30.1 Å². The first-order chi connectivity index (χ1) is 28.2. The summed E-state index contributed by atoms with van der Waals surface area (Å²) in [6.07, 6.45) is 2.94. The minimum Gasteiger partial charge on any atom is -0.481 e. The number of benzene rings is 3. The number of hydrogen-bond donors (Lipinski definition) is 4. The van der Waals surface area contributed by atoms with Crippen LogP contribution in [0.25, 0.3) is 17.5 Å². The molecule has 4 aromatic rings. The smallest absolute Gasteiger partial charge is 0.408 e. The molecule has 1 heterocycles. The van der Waals surface area contributed by atoms with Crippen LogP contribution in [0.1, 0.15) is 81.9 Å². The molecule has 16 heteroatoms. The van der Waals surface area contributed by atoms with Crippen molar-refractivity contribution in [2.24, 2.45) is 5.41 Å². The number of carbonyl (C=O) groups is 4. The SMILES string of the molecule is C=CCCCS(=O)(=O)NC(=O)c1ccccc1NC(=O)C(NC(=O)[C@@H](NC(=O)OC(C)(C)C)C(C)(C)C)c1ccc(C=C)c(Oc2cc(OC)nc(-c3ccccc3)n2)c1. The zero-order valence-corrected chi connectivity index (χ0v) is 35.6. The largest absolute Gasteiger partial charge is 0.481 e. The Labute approximate surface area is 351 Å². The molecule has 1 aromatic heterocycles. The van der Waals surface area contributed by atoms with Crippen LogP contribution in [0.5, 0.6) is 17.5 Å². The molecule has 15 nitrogen and oxygen atoms in total. The molecule has 318 valence electrons. The van der Waals surface area contributed by atoms with Gasteiger partial charge in [0.25, 0.3) is 11.8 Å². The molecule has 0 aliphatic carbocycles. The van der Waals surface area contributed by atoms with Gasteiger partial charge in [0.15, 0.2) is 5.82 Å². The monoisotopic (exact) mass is 840 g/mol. The van der Waals surface area contributed by atoms with Gasteiger partial charge < -0.3 is 30.2 Å². The van der Waals surface area contributed by atoms with Gasteiger partial charge in [-0.3, -0.25) is 14.4 Å². The first kappa shape index (κ1) is 46.1. The average molecular weight is 841 g/mol. The lowest BCUT2D eigenvalue weighted by Gasteiger charge is -2.32. The molecule has 0 bridgehead atoms. The number of unbranched alkanes of at least 4 members (excludes halogenated alkanes) is 1. The Morgan fingerprint density at radius 2 is 1.50 bits per heavy atom. The summed E-state index contributed by atoms with van der Waals surface area (Å²) in [5, 5.41) is 8.09. The molecule has 2 atom stereocenters. The van der Waals surface area contributed by atoms with E-state index in [1.54, 1.807) is 65.8 Å². The number of carbonyl (C=O) groups excluding carboxylic acids is 4. The number of para-hydroxylation sites is 1.